The van der Waals surface area contributed by atoms with Crippen LogP contribution in [0, 0.1) is 11.6 Å². The summed E-state index contributed by atoms with van der Waals surface area (Å²) in [4.78, 5) is 5.63. The minimum atomic E-state index is -4.32. The Hall–Kier alpha value is -2.52. The van der Waals surface area contributed by atoms with Gasteiger partial charge in [0.05, 0.1) is 11.2 Å². The molecule has 3 aromatic rings. The Bertz CT molecular complexity index is 1080. The summed E-state index contributed by atoms with van der Waals surface area (Å²) in [5.41, 5.74) is 1.49. The molecule has 0 bridgehead atoms. The topological polar surface area (TPSA) is 67.2 Å². The highest BCUT2D eigenvalue weighted by Gasteiger charge is 2.27. The number of nitrogens with one attached hydrogen (secondary N) is 1. The van der Waals surface area contributed by atoms with Gasteiger partial charge in [0, 0.05) is 38.6 Å². The average Bonchev–Trinajstić information content (AvgIpc) is 3.05. The molecule has 0 spiro atoms. The van der Waals surface area contributed by atoms with Crippen LogP contribution in [0.4, 0.5) is 14.5 Å². The van der Waals surface area contributed by atoms with Gasteiger partial charge in [-0.3, -0.25) is 4.98 Å². The zero-order chi connectivity index (χ0) is 18.3. The van der Waals surface area contributed by atoms with Gasteiger partial charge in [0.2, 0.25) is 0 Å². The SMILES string of the molecule is O=S(=O)(c1cc(F)ccc1F)n1cc(N2CCNCC2)c2ncccc21. The number of hydrogen-bond acceptors (Lipinski definition) is 5. The number of pyridine rings is 1. The van der Waals surface area contributed by atoms with E-state index in [1.165, 1.54) is 6.20 Å². The first-order valence-electron chi connectivity index (χ1n) is 8.11. The summed E-state index contributed by atoms with van der Waals surface area (Å²) in [6.45, 7) is 2.93. The van der Waals surface area contributed by atoms with Gasteiger partial charge in [-0.25, -0.2) is 21.2 Å². The molecule has 0 radical (unpaired) electrons. The predicted molar refractivity (Wildman–Crippen MR) is 93.8 cm³/mol. The van der Waals surface area contributed by atoms with E-state index in [4.69, 9.17) is 0 Å². The van der Waals surface area contributed by atoms with E-state index in [1.54, 1.807) is 18.3 Å². The third-order valence-corrected chi connectivity index (χ3v) is 6.08. The van der Waals surface area contributed by atoms with Crippen molar-refractivity contribution < 1.29 is 17.2 Å². The van der Waals surface area contributed by atoms with Crippen molar-refractivity contribution in [2.75, 3.05) is 31.1 Å². The number of halogens is 2. The fourth-order valence-corrected chi connectivity index (χ4v) is 4.56. The van der Waals surface area contributed by atoms with Crippen molar-refractivity contribution in [3.05, 3.63) is 54.4 Å². The fraction of sp³-hybridized carbons (Fsp3) is 0.235. The largest absolute Gasteiger partial charge is 0.366 e. The second-order valence-corrected chi connectivity index (χ2v) is 7.78. The molecule has 0 saturated carbocycles. The van der Waals surface area contributed by atoms with Crippen LogP contribution >= 0.6 is 0 Å². The maximum atomic E-state index is 14.1. The Kier molecular flexibility index (Phi) is 4.12. The van der Waals surface area contributed by atoms with Crippen molar-refractivity contribution in [3.8, 4) is 0 Å². The number of piperazine rings is 1. The molecule has 26 heavy (non-hydrogen) atoms. The molecule has 0 unspecified atom stereocenters. The molecule has 0 amide bonds. The molecule has 0 aliphatic carbocycles. The third-order valence-electron chi connectivity index (χ3n) is 4.39. The lowest BCUT2D eigenvalue weighted by Crippen LogP contribution is -2.43. The van der Waals surface area contributed by atoms with E-state index in [0.29, 0.717) is 35.9 Å². The van der Waals surface area contributed by atoms with Crippen LogP contribution < -0.4 is 10.2 Å². The Morgan fingerprint density at radius 3 is 2.65 bits per heavy atom. The maximum absolute atomic E-state index is 14.1. The Morgan fingerprint density at radius 1 is 1.12 bits per heavy atom. The highest BCUT2D eigenvalue weighted by Crippen LogP contribution is 2.31. The maximum Gasteiger partial charge on any atom is 0.271 e. The van der Waals surface area contributed by atoms with Gasteiger partial charge in [-0.05, 0) is 30.3 Å². The smallest absolute Gasteiger partial charge is 0.271 e. The summed E-state index contributed by atoms with van der Waals surface area (Å²) in [6.07, 6.45) is 3.01. The lowest BCUT2D eigenvalue weighted by molar-refractivity contribution is 0.549. The normalized spacial score (nSPS) is 15.5. The van der Waals surface area contributed by atoms with Crippen LogP contribution in [0.1, 0.15) is 0 Å². The molecular formula is C17H16F2N4O2S. The van der Waals surface area contributed by atoms with E-state index in [2.05, 4.69) is 10.3 Å². The summed E-state index contributed by atoms with van der Waals surface area (Å²) in [6, 6.07) is 5.59. The van der Waals surface area contributed by atoms with Crippen molar-refractivity contribution in [3.63, 3.8) is 0 Å². The first-order chi connectivity index (χ1) is 12.5. The van der Waals surface area contributed by atoms with Crippen molar-refractivity contribution in [2.45, 2.75) is 4.90 Å². The fourth-order valence-electron chi connectivity index (χ4n) is 3.13. The summed E-state index contributed by atoms with van der Waals surface area (Å²) in [5, 5.41) is 3.23. The highest BCUT2D eigenvalue weighted by atomic mass is 32.2. The van der Waals surface area contributed by atoms with Gasteiger partial charge in [-0.1, -0.05) is 0 Å². The quantitative estimate of drug-likeness (QED) is 0.755. The third kappa shape index (κ3) is 2.73. The van der Waals surface area contributed by atoms with E-state index >= 15 is 0 Å². The van der Waals surface area contributed by atoms with Crippen LogP contribution in [-0.2, 0) is 10.0 Å². The first-order valence-corrected chi connectivity index (χ1v) is 9.55. The van der Waals surface area contributed by atoms with Gasteiger partial charge in [0.1, 0.15) is 22.0 Å². The van der Waals surface area contributed by atoms with Crippen LogP contribution in [-0.4, -0.2) is 43.6 Å². The van der Waals surface area contributed by atoms with Crippen molar-refractivity contribution in [2.24, 2.45) is 0 Å². The summed E-state index contributed by atoms with van der Waals surface area (Å²) in [5.74, 6) is -1.82. The molecule has 4 rings (SSSR count). The van der Waals surface area contributed by atoms with E-state index < -0.39 is 26.6 Å². The molecule has 1 aliphatic heterocycles. The van der Waals surface area contributed by atoms with E-state index in [1.807, 2.05) is 4.90 Å². The van der Waals surface area contributed by atoms with Gasteiger partial charge in [-0.15, -0.1) is 0 Å². The Labute approximate surface area is 149 Å². The molecule has 1 aromatic carbocycles. The van der Waals surface area contributed by atoms with Crippen LogP contribution in [0.3, 0.4) is 0 Å². The lowest BCUT2D eigenvalue weighted by Gasteiger charge is -2.28. The molecule has 1 saturated heterocycles. The van der Waals surface area contributed by atoms with Crippen molar-refractivity contribution >= 4 is 26.7 Å². The Morgan fingerprint density at radius 2 is 1.88 bits per heavy atom. The van der Waals surface area contributed by atoms with Crippen LogP contribution in [0.25, 0.3) is 11.0 Å². The first kappa shape index (κ1) is 16.9. The number of aromatic nitrogens is 2. The minimum absolute atomic E-state index is 0.324. The molecule has 0 atom stereocenters. The highest BCUT2D eigenvalue weighted by molar-refractivity contribution is 7.90. The van der Waals surface area contributed by atoms with Gasteiger partial charge < -0.3 is 10.2 Å². The second-order valence-electron chi connectivity index (χ2n) is 6.00. The summed E-state index contributed by atoms with van der Waals surface area (Å²) >= 11 is 0. The zero-order valence-corrected chi connectivity index (χ0v) is 14.5. The number of rotatable bonds is 3. The summed E-state index contributed by atoms with van der Waals surface area (Å²) < 4.78 is 54.7. The van der Waals surface area contributed by atoms with E-state index in [9.17, 15) is 17.2 Å². The number of hydrogen-bond donors (Lipinski definition) is 1. The van der Waals surface area contributed by atoms with Crippen molar-refractivity contribution in [1.29, 1.82) is 0 Å². The number of fused-ring (bicyclic) bond motifs is 1. The predicted octanol–water partition coefficient (Wildman–Crippen LogP) is 1.96. The van der Waals surface area contributed by atoms with Gasteiger partial charge in [0.15, 0.2) is 0 Å². The molecule has 1 N–H and O–H groups in total. The van der Waals surface area contributed by atoms with Crippen LogP contribution in [0.15, 0.2) is 47.6 Å². The summed E-state index contributed by atoms with van der Waals surface area (Å²) in [7, 11) is -4.32. The second kappa shape index (κ2) is 6.33. The monoisotopic (exact) mass is 378 g/mol. The molecule has 136 valence electrons. The van der Waals surface area contributed by atoms with E-state index in [0.717, 1.165) is 29.2 Å². The molecule has 1 fully saturated rings. The molecular weight excluding hydrogens is 362 g/mol. The molecule has 9 heteroatoms. The Balaban J connectivity index is 1.93. The number of nitrogens with zero attached hydrogens (tertiary/aromatic N) is 3. The molecule has 6 nitrogen and oxygen atoms in total. The van der Waals surface area contributed by atoms with E-state index in [-0.39, 0.29) is 0 Å². The minimum Gasteiger partial charge on any atom is -0.366 e. The van der Waals surface area contributed by atoms with Gasteiger partial charge >= 0.3 is 0 Å². The lowest BCUT2D eigenvalue weighted by atomic mass is 10.3. The molecule has 1 aliphatic rings. The zero-order valence-electron chi connectivity index (χ0n) is 13.7. The van der Waals surface area contributed by atoms with Gasteiger partial charge in [-0.2, -0.15) is 0 Å². The number of benzene rings is 1. The molecule has 3 heterocycles. The van der Waals surface area contributed by atoms with Crippen LogP contribution in [0.2, 0.25) is 0 Å². The number of anilines is 1. The van der Waals surface area contributed by atoms with Gasteiger partial charge in [0.25, 0.3) is 10.0 Å². The average molecular weight is 378 g/mol. The molecule has 2 aromatic heterocycles. The standard InChI is InChI=1S/C17H16F2N4O2S/c18-12-3-4-13(19)16(10-12)26(24,25)23-11-15(22-8-6-20-7-9-22)17-14(23)2-1-5-21-17/h1-5,10-11,20H,6-9H2. The van der Waals surface area contributed by atoms with Crippen molar-refractivity contribution in [1.82, 2.24) is 14.3 Å². The van der Waals surface area contributed by atoms with Crippen LogP contribution in [0.5, 0.6) is 0 Å².